The average Bonchev–Trinajstić information content (AvgIpc) is 3.28. The lowest BCUT2D eigenvalue weighted by atomic mass is 10.0. The molecule has 3 aromatic rings. The molecule has 1 aliphatic rings. The summed E-state index contributed by atoms with van der Waals surface area (Å²) in [6, 6.07) is 17.7. The zero-order valence-electron chi connectivity index (χ0n) is 12.0. The average molecular weight is 277 g/mol. The van der Waals surface area contributed by atoms with Crippen molar-refractivity contribution >= 4 is 11.0 Å². The van der Waals surface area contributed by atoms with Crippen LogP contribution in [0.5, 0.6) is 0 Å². The molecular formula is C19H19NO. The standard InChI is InChI=1S/C19H19NO/c1-2-4-14(5-3-1)15-6-9-19-18(12-15)16(13-21-19)10-11-20-17-7-8-17/h1-6,9,12-13,17,20H,7-8,10-11H2. The van der Waals surface area contributed by atoms with E-state index in [2.05, 4.69) is 53.8 Å². The number of nitrogens with one attached hydrogen (secondary N) is 1. The van der Waals surface area contributed by atoms with Crippen molar-refractivity contribution in [3.05, 3.63) is 60.4 Å². The van der Waals surface area contributed by atoms with Gasteiger partial charge in [-0.2, -0.15) is 0 Å². The van der Waals surface area contributed by atoms with Crippen LogP contribution < -0.4 is 5.32 Å². The van der Waals surface area contributed by atoms with Gasteiger partial charge in [-0.25, -0.2) is 0 Å². The van der Waals surface area contributed by atoms with Crippen LogP contribution in [-0.2, 0) is 6.42 Å². The molecule has 1 N–H and O–H groups in total. The van der Waals surface area contributed by atoms with Gasteiger partial charge in [-0.05, 0) is 54.6 Å². The van der Waals surface area contributed by atoms with Gasteiger partial charge in [-0.1, -0.05) is 36.4 Å². The number of rotatable bonds is 5. The van der Waals surface area contributed by atoms with Gasteiger partial charge in [0.25, 0.3) is 0 Å². The van der Waals surface area contributed by atoms with Gasteiger partial charge < -0.3 is 9.73 Å². The van der Waals surface area contributed by atoms with Crippen LogP contribution in [0.1, 0.15) is 18.4 Å². The number of hydrogen-bond donors (Lipinski definition) is 1. The molecule has 106 valence electrons. The van der Waals surface area contributed by atoms with Crippen LogP contribution in [0, 0.1) is 0 Å². The van der Waals surface area contributed by atoms with Crippen LogP contribution in [-0.4, -0.2) is 12.6 Å². The highest BCUT2D eigenvalue weighted by Gasteiger charge is 2.19. The molecule has 2 heteroatoms. The molecule has 0 unspecified atom stereocenters. The fourth-order valence-electron chi connectivity index (χ4n) is 2.78. The molecule has 0 saturated heterocycles. The molecule has 1 saturated carbocycles. The van der Waals surface area contributed by atoms with Crippen LogP contribution in [0.4, 0.5) is 0 Å². The summed E-state index contributed by atoms with van der Waals surface area (Å²) in [6.45, 7) is 1.04. The van der Waals surface area contributed by atoms with Gasteiger partial charge in [-0.15, -0.1) is 0 Å². The topological polar surface area (TPSA) is 25.2 Å². The molecule has 2 aromatic carbocycles. The van der Waals surface area contributed by atoms with Gasteiger partial charge in [0.1, 0.15) is 5.58 Å². The molecule has 0 radical (unpaired) electrons. The van der Waals surface area contributed by atoms with E-state index < -0.39 is 0 Å². The fourth-order valence-corrected chi connectivity index (χ4v) is 2.78. The summed E-state index contributed by atoms with van der Waals surface area (Å²) in [6.07, 6.45) is 5.62. The Morgan fingerprint density at radius 2 is 1.86 bits per heavy atom. The summed E-state index contributed by atoms with van der Waals surface area (Å²) >= 11 is 0. The second-order valence-electron chi connectivity index (χ2n) is 5.82. The zero-order valence-corrected chi connectivity index (χ0v) is 12.0. The normalized spacial score (nSPS) is 14.7. The minimum atomic E-state index is 0.767. The minimum absolute atomic E-state index is 0.767. The van der Waals surface area contributed by atoms with E-state index in [9.17, 15) is 0 Å². The van der Waals surface area contributed by atoms with Crippen molar-refractivity contribution in [2.24, 2.45) is 0 Å². The van der Waals surface area contributed by atoms with Crippen molar-refractivity contribution in [2.45, 2.75) is 25.3 Å². The van der Waals surface area contributed by atoms with Crippen molar-refractivity contribution in [2.75, 3.05) is 6.54 Å². The van der Waals surface area contributed by atoms with Crippen molar-refractivity contribution in [3.63, 3.8) is 0 Å². The van der Waals surface area contributed by atoms with E-state index >= 15 is 0 Å². The third-order valence-electron chi connectivity index (χ3n) is 4.17. The van der Waals surface area contributed by atoms with Crippen LogP contribution in [0.2, 0.25) is 0 Å². The summed E-state index contributed by atoms with van der Waals surface area (Å²) in [5, 5.41) is 4.81. The highest BCUT2D eigenvalue weighted by molar-refractivity contribution is 5.86. The highest BCUT2D eigenvalue weighted by Crippen LogP contribution is 2.28. The zero-order chi connectivity index (χ0) is 14.1. The van der Waals surface area contributed by atoms with E-state index in [1.165, 1.54) is 34.9 Å². The molecule has 1 aromatic heterocycles. The third kappa shape index (κ3) is 2.72. The van der Waals surface area contributed by atoms with Gasteiger partial charge in [-0.3, -0.25) is 0 Å². The first-order valence-electron chi connectivity index (χ1n) is 7.69. The molecule has 2 nitrogen and oxygen atoms in total. The smallest absolute Gasteiger partial charge is 0.134 e. The van der Waals surface area contributed by atoms with Gasteiger partial charge in [0, 0.05) is 11.4 Å². The minimum Gasteiger partial charge on any atom is -0.464 e. The number of hydrogen-bond acceptors (Lipinski definition) is 2. The van der Waals surface area contributed by atoms with E-state index in [1.807, 2.05) is 6.26 Å². The summed E-state index contributed by atoms with van der Waals surface area (Å²) in [4.78, 5) is 0. The van der Waals surface area contributed by atoms with Crippen molar-refractivity contribution < 1.29 is 4.42 Å². The summed E-state index contributed by atoms with van der Waals surface area (Å²) in [7, 11) is 0. The lowest BCUT2D eigenvalue weighted by Crippen LogP contribution is -2.19. The molecule has 0 spiro atoms. The highest BCUT2D eigenvalue weighted by atomic mass is 16.3. The SMILES string of the molecule is c1ccc(-c2ccc3occ(CCNC4CC4)c3c2)cc1. The van der Waals surface area contributed by atoms with Crippen LogP contribution in [0.15, 0.2) is 59.2 Å². The van der Waals surface area contributed by atoms with Gasteiger partial charge in [0.15, 0.2) is 0 Å². The summed E-state index contributed by atoms with van der Waals surface area (Å²) < 4.78 is 5.69. The summed E-state index contributed by atoms with van der Waals surface area (Å²) in [5.41, 5.74) is 4.79. The quantitative estimate of drug-likeness (QED) is 0.748. The molecule has 0 amide bonds. The van der Waals surface area contributed by atoms with E-state index in [4.69, 9.17) is 4.42 Å². The maximum Gasteiger partial charge on any atom is 0.134 e. The Morgan fingerprint density at radius 3 is 2.67 bits per heavy atom. The Kier molecular flexibility index (Phi) is 3.24. The van der Waals surface area contributed by atoms with Gasteiger partial charge >= 0.3 is 0 Å². The van der Waals surface area contributed by atoms with Crippen molar-refractivity contribution in [1.82, 2.24) is 5.32 Å². The predicted octanol–water partition coefficient (Wildman–Crippen LogP) is 4.39. The third-order valence-corrected chi connectivity index (χ3v) is 4.17. The number of fused-ring (bicyclic) bond motifs is 1. The first-order valence-corrected chi connectivity index (χ1v) is 7.69. The van der Waals surface area contributed by atoms with Gasteiger partial charge in [0.05, 0.1) is 6.26 Å². The maximum atomic E-state index is 5.69. The monoisotopic (exact) mass is 277 g/mol. The van der Waals surface area contributed by atoms with Crippen LogP contribution >= 0.6 is 0 Å². The predicted molar refractivity (Wildman–Crippen MR) is 86.4 cm³/mol. The summed E-state index contributed by atoms with van der Waals surface area (Å²) in [5.74, 6) is 0. The largest absolute Gasteiger partial charge is 0.464 e. The van der Waals surface area contributed by atoms with E-state index in [0.29, 0.717) is 0 Å². The number of furan rings is 1. The molecule has 21 heavy (non-hydrogen) atoms. The first kappa shape index (κ1) is 12.7. The van der Waals surface area contributed by atoms with E-state index in [1.54, 1.807) is 0 Å². The maximum absolute atomic E-state index is 5.69. The van der Waals surface area contributed by atoms with Crippen LogP contribution in [0.3, 0.4) is 0 Å². The van der Waals surface area contributed by atoms with Crippen LogP contribution in [0.25, 0.3) is 22.1 Å². The lowest BCUT2D eigenvalue weighted by Gasteiger charge is -2.03. The Hall–Kier alpha value is -2.06. The molecule has 0 atom stereocenters. The van der Waals surface area contributed by atoms with Crippen molar-refractivity contribution in [1.29, 1.82) is 0 Å². The Bertz CT molecular complexity index is 741. The second-order valence-corrected chi connectivity index (χ2v) is 5.82. The molecule has 0 aliphatic heterocycles. The van der Waals surface area contributed by atoms with Gasteiger partial charge in [0.2, 0.25) is 0 Å². The molecule has 4 rings (SSSR count). The Morgan fingerprint density at radius 1 is 1.00 bits per heavy atom. The Labute approximate surface area is 124 Å². The van der Waals surface area contributed by atoms with Crippen molar-refractivity contribution in [3.8, 4) is 11.1 Å². The molecule has 1 fully saturated rings. The fraction of sp³-hybridized carbons (Fsp3) is 0.263. The lowest BCUT2D eigenvalue weighted by molar-refractivity contribution is 0.605. The second kappa shape index (κ2) is 5.38. The Balaban J connectivity index is 1.62. The van der Waals surface area contributed by atoms with E-state index in [-0.39, 0.29) is 0 Å². The molecule has 1 aliphatic carbocycles. The molecule has 0 bridgehead atoms. The molecular weight excluding hydrogens is 258 g/mol. The van der Waals surface area contributed by atoms with E-state index in [0.717, 1.165) is 24.6 Å². The first-order chi connectivity index (χ1) is 10.4. The number of benzene rings is 2. The molecule has 1 heterocycles.